The summed E-state index contributed by atoms with van der Waals surface area (Å²) in [4.78, 5) is 0.210. The summed E-state index contributed by atoms with van der Waals surface area (Å²) in [6.07, 6.45) is 0. The van der Waals surface area contributed by atoms with Crippen molar-refractivity contribution in [3.8, 4) is 5.75 Å². The van der Waals surface area contributed by atoms with Gasteiger partial charge in [-0.2, -0.15) is 0 Å². The minimum atomic E-state index is -3.61. The zero-order valence-corrected chi connectivity index (χ0v) is 18.5. The van der Waals surface area contributed by atoms with Crippen LogP contribution in [-0.2, 0) is 14.8 Å². The molecule has 0 aliphatic heterocycles. The lowest BCUT2D eigenvalue weighted by Crippen LogP contribution is -2.49. The standard InChI is InChI=1S/C22H32N2O4S/c1-5-27-15-16-28-20-11-13-21(14-12-20)29(25,26)23-17-22(3,4)24-18(2)19-9-7-6-8-10-19/h6-14,18,23-24H,5,15-17H2,1-4H3. The average Bonchev–Trinajstić information content (AvgIpc) is 2.71. The Hall–Kier alpha value is -1.93. The van der Waals surface area contributed by atoms with Gasteiger partial charge in [-0.1, -0.05) is 30.3 Å². The van der Waals surface area contributed by atoms with E-state index >= 15 is 0 Å². The second kappa shape index (κ2) is 10.7. The highest BCUT2D eigenvalue weighted by molar-refractivity contribution is 7.89. The summed E-state index contributed by atoms with van der Waals surface area (Å²) >= 11 is 0. The van der Waals surface area contributed by atoms with Gasteiger partial charge in [-0.3, -0.25) is 0 Å². The van der Waals surface area contributed by atoms with Gasteiger partial charge in [-0.05, 0) is 57.5 Å². The Morgan fingerprint density at radius 2 is 1.66 bits per heavy atom. The van der Waals surface area contributed by atoms with Gasteiger partial charge in [0.25, 0.3) is 0 Å². The molecule has 2 N–H and O–H groups in total. The van der Waals surface area contributed by atoms with E-state index in [1.54, 1.807) is 24.3 Å². The van der Waals surface area contributed by atoms with Crippen LogP contribution in [0.1, 0.15) is 39.3 Å². The second-order valence-electron chi connectivity index (χ2n) is 7.50. The van der Waals surface area contributed by atoms with Crippen molar-refractivity contribution < 1.29 is 17.9 Å². The molecule has 6 nitrogen and oxygen atoms in total. The lowest BCUT2D eigenvalue weighted by molar-refractivity contribution is 0.110. The molecule has 0 saturated carbocycles. The monoisotopic (exact) mass is 420 g/mol. The molecule has 0 amide bonds. The molecule has 7 heteroatoms. The molecule has 0 radical (unpaired) electrons. The van der Waals surface area contributed by atoms with Gasteiger partial charge < -0.3 is 14.8 Å². The maximum atomic E-state index is 12.6. The summed E-state index contributed by atoms with van der Waals surface area (Å²) in [5, 5.41) is 3.48. The summed E-state index contributed by atoms with van der Waals surface area (Å²) < 4.78 is 38.7. The molecule has 0 saturated heterocycles. The van der Waals surface area contributed by atoms with Crippen LogP contribution < -0.4 is 14.8 Å². The van der Waals surface area contributed by atoms with Gasteiger partial charge in [0, 0.05) is 24.7 Å². The number of hydrogen-bond donors (Lipinski definition) is 2. The Morgan fingerprint density at radius 1 is 1.00 bits per heavy atom. The fourth-order valence-electron chi connectivity index (χ4n) is 2.90. The highest BCUT2D eigenvalue weighted by atomic mass is 32.2. The Labute approximate surface area is 174 Å². The molecule has 2 aromatic rings. The van der Waals surface area contributed by atoms with Gasteiger partial charge in [-0.25, -0.2) is 13.1 Å². The van der Waals surface area contributed by atoms with E-state index in [2.05, 4.69) is 29.1 Å². The van der Waals surface area contributed by atoms with E-state index in [4.69, 9.17) is 9.47 Å². The van der Waals surface area contributed by atoms with Crippen molar-refractivity contribution in [3.63, 3.8) is 0 Å². The molecule has 0 heterocycles. The fourth-order valence-corrected chi connectivity index (χ4v) is 4.11. The van der Waals surface area contributed by atoms with E-state index in [0.717, 1.165) is 5.56 Å². The van der Waals surface area contributed by atoms with Crippen LogP contribution >= 0.6 is 0 Å². The first-order valence-corrected chi connectivity index (χ1v) is 11.3. The Morgan fingerprint density at radius 3 is 2.28 bits per heavy atom. The zero-order valence-electron chi connectivity index (χ0n) is 17.6. The van der Waals surface area contributed by atoms with Gasteiger partial charge in [0.05, 0.1) is 11.5 Å². The molecule has 0 fully saturated rings. The Balaban J connectivity index is 1.91. The van der Waals surface area contributed by atoms with Gasteiger partial charge >= 0.3 is 0 Å². The molecule has 29 heavy (non-hydrogen) atoms. The summed E-state index contributed by atoms with van der Waals surface area (Å²) in [6.45, 7) is 9.77. The van der Waals surface area contributed by atoms with Gasteiger partial charge in [0.1, 0.15) is 12.4 Å². The fraction of sp³-hybridized carbons (Fsp3) is 0.455. The number of ether oxygens (including phenoxy) is 2. The highest BCUT2D eigenvalue weighted by Crippen LogP contribution is 2.18. The first-order valence-electron chi connectivity index (χ1n) is 9.86. The molecular weight excluding hydrogens is 388 g/mol. The highest BCUT2D eigenvalue weighted by Gasteiger charge is 2.24. The number of hydrogen-bond acceptors (Lipinski definition) is 5. The molecule has 0 aliphatic carbocycles. The van der Waals surface area contributed by atoms with E-state index in [0.29, 0.717) is 25.6 Å². The van der Waals surface area contributed by atoms with Crippen molar-refractivity contribution in [1.82, 2.24) is 10.0 Å². The normalized spacial score (nSPS) is 13.2. The van der Waals surface area contributed by atoms with E-state index in [1.807, 2.05) is 39.0 Å². The predicted molar refractivity (Wildman–Crippen MR) is 116 cm³/mol. The van der Waals surface area contributed by atoms with Gasteiger partial charge in [0.15, 0.2) is 0 Å². The quantitative estimate of drug-likeness (QED) is 0.514. The molecule has 2 aromatic carbocycles. The summed E-state index contributed by atoms with van der Waals surface area (Å²) in [7, 11) is -3.61. The van der Waals surface area contributed by atoms with Gasteiger partial charge in [-0.15, -0.1) is 0 Å². The van der Waals surface area contributed by atoms with E-state index in [-0.39, 0.29) is 17.5 Å². The molecule has 1 atom stereocenters. The lowest BCUT2D eigenvalue weighted by Gasteiger charge is -2.30. The topological polar surface area (TPSA) is 76.7 Å². The molecule has 0 spiro atoms. The molecule has 0 aromatic heterocycles. The Bertz CT molecular complexity index is 837. The van der Waals surface area contributed by atoms with Crippen LogP contribution in [0.5, 0.6) is 5.75 Å². The van der Waals surface area contributed by atoms with Crippen molar-refractivity contribution in [1.29, 1.82) is 0 Å². The molecule has 160 valence electrons. The lowest BCUT2D eigenvalue weighted by atomic mass is 10.0. The second-order valence-corrected chi connectivity index (χ2v) is 9.27. The number of sulfonamides is 1. The van der Waals surface area contributed by atoms with Crippen LogP contribution in [0.2, 0.25) is 0 Å². The van der Waals surface area contributed by atoms with Crippen LogP contribution in [-0.4, -0.2) is 40.3 Å². The smallest absolute Gasteiger partial charge is 0.240 e. The largest absolute Gasteiger partial charge is 0.491 e. The van der Waals surface area contributed by atoms with Gasteiger partial charge in [0.2, 0.25) is 10.0 Å². The van der Waals surface area contributed by atoms with Crippen LogP contribution in [0, 0.1) is 0 Å². The third-order valence-electron chi connectivity index (χ3n) is 4.45. The maximum absolute atomic E-state index is 12.6. The number of nitrogens with one attached hydrogen (secondary N) is 2. The van der Waals surface area contributed by atoms with Crippen LogP contribution in [0.25, 0.3) is 0 Å². The van der Waals surface area contributed by atoms with Crippen molar-refractivity contribution in [2.45, 2.75) is 44.2 Å². The minimum absolute atomic E-state index is 0.101. The van der Waals surface area contributed by atoms with Crippen molar-refractivity contribution in [2.24, 2.45) is 0 Å². The third-order valence-corrected chi connectivity index (χ3v) is 5.86. The SMILES string of the molecule is CCOCCOc1ccc(S(=O)(=O)NCC(C)(C)NC(C)c2ccccc2)cc1. The Kier molecular flexibility index (Phi) is 8.64. The van der Waals surface area contributed by atoms with Crippen molar-refractivity contribution in [2.75, 3.05) is 26.4 Å². The summed E-state index contributed by atoms with van der Waals surface area (Å²) in [6, 6.07) is 16.6. The van der Waals surface area contributed by atoms with Crippen LogP contribution in [0.4, 0.5) is 0 Å². The molecular formula is C22H32N2O4S. The predicted octanol–water partition coefficient (Wildman–Crippen LogP) is 3.51. The molecule has 0 bridgehead atoms. The van der Waals surface area contributed by atoms with E-state index < -0.39 is 15.6 Å². The van der Waals surface area contributed by atoms with Crippen molar-refractivity contribution in [3.05, 3.63) is 60.2 Å². The number of benzene rings is 2. The summed E-state index contributed by atoms with van der Waals surface area (Å²) in [5.41, 5.74) is 0.730. The third kappa shape index (κ3) is 7.78. The van der Waals surface area contributed by atoms with Crippen LogP contribution in [0.15, 0.2) is 59.5 Å². The van der Waals surface area contributed by atoms with E-state index in [9.17, 15) is 8.42 Å². The molecule has 1 unspecified atom stereocenters. The number of rotatable bonds is 12. The van der Waals surface area contributed by atoms with Crippen molar-refractivity contribution >= 4 is 10.0 Å². The zero-order chi connectivity index (χ0) is 21.3. The average molecular weight is 421 g/mol. The first-order chi connectivity index (χ1) is 13.7. The maximum Gasteiger partial charge on any atom is 0.240 e. The first kappa shape index (κ1) is 23.3. The molecule has 0 aliphatic rings. The van der Waals surface area contributed by atoms with E-state index in [1.165, 1.54) is 0 Å². The molecule has 2 rings (SSSR count). The van der Waals surface area contributed by atoms with Crippen LogP contribution in [0.3, 0.4) is 0 Å². The summed E-state index contributed by atoms with van der Waals surface area (Å²) in [5.74, 6) is 0.613. The minimum Gasteiger partial charge on any atom is -0.491 e.